The number of nitrogens with one attached hydrogen (secondary N) is 2. The normalized spacial score (nSPS) is 20.2. The molecule has 3 N–H and O–H groups in total. The largest absolute Gasteiger partial charge is 0.496 e. The van der Waals surface area contributed by atoms with E-state index in [9.17, 15) is 14.7 Å². The number of carbonyl (C=O) groups is 2. The predicted molar refractivity (Wildman–Crippen MR) is 98.8 cm³/mol. The highest BCUT2D eigenvalue weighted by Crippen LogP contribution is 2.28. The standard InChI is InChI=1S/C19H28N2O6/c1-11(2)10-13(17(22)20-12-8-9-27-19(12)24)21-18(23)16-14(25-3)6-5-7-15(16)26-4/h5-7,11-13,19,24H,8-10H2,1-4H3,(H,20,22)(H,21,23)/t12-,13-,19?/m0/s1. The number of amides is 2. The first-order valence-corrected chi connectivity index (χ1v) is 8.99. The fourth-order valence-corrected chi connectivity index (χ4v) is 3.01. The monoisotopic (exact) mass is 380 g/mol. The molecule has 2 amide bonds. The Hall–Kier alpha value is -2.32. The second-order valence-electron chi connectivity index (χ2n) is 6.86. The van der Waals surface area contributed by atoms with Crippen molar-refractivity contribution in [1.82, 2.24) is 10.6 Å². The molecule has 1 unspecified atom stereocenters. The van der Waals surface area contributed by atoms with E-state index in [0.29, 0.717) is 30.9 Å². The van der Waals surface area contributed by atoms with E-state index < -0.39 is 24.3 Å². The van der Waals surface area contributed by atoms with Gasteiger partial charge < -0.3 is 30.0 Å². The minimum atomic E-state index is -1.03. The highest BCUT2D eigenvalue weighted by Gasteiger charge is 2.32. The maximum Gasteiger partial charge on any atom is 0.259 e. The molecule has 1 aromatic rings. The third-order valence-electron chi connectivity index (χ3n) is 4.37. The van der Waals surface area contributed by atoms with Crippen LogP contribution in [0.5, 0.6) is 11.5 Å². The molecule has 1 aliphatic rings. The molecule has 0 radical (unpaired) electrons. The molecule has 8 nitrogen and oxygen atoms in total. The molecule has 8 heteroatoms. The molecular formula is C19H28N2O6. The molecular weight excluding hydrogens is 352 g/mol. The van der Waals surface area contributed by atoms with E-state index in [1.165, 1.54) is 14.2 Å². The molecule has 27 heavy (non-hydrogen) atoms. The molecule has 1 aromatic carbocycles. The lowest BCUT2D eigenvalue weighted by Crippen LogP contribution is -2.51. The van der Waals surface area contributed by atoms with Crippen LogP contribution in [0, 0.1) is 5.92 Å². The second kappa shape index (κ2) is 9.57. The first-order chi connectivity index (χ1) is 12.9. The van der Waals surface area contributed by atoms with Gasteiger partial charge in [-0.25, -0.2) is 0 Å². The van der Waals surface area contributed by atoms with E-state index in [4.69, 9.17) is 14.2 Å². The van der Waals surface area contributed by atoms with Crippen LogP contribution in [0.15, 0.2) is 18.2 Å². The lowest BCUT2D eigenvalue weighted by Gasteiger charge is -2.24. The van der Waals surface area contributed by atoms with E-state index >= 15 is 0 Å². The van der Waals surface area contributed by atoms with Gasteiger partial charge in [-0.1, -0.05) is 19.9 Å². The Morgan fingerprint density at radius 1 is 1.26 bits per heavy atom. The van der Waals surface area contributed by atoms with Crippen LogP contribution in [0.3, 0.4) is 0 Å². The number of benzene rings is 1. The molecule has 3 atom stereocenters. The van der Waals surface area contributed by atoms with Gasteiger partial charge in [0.15, 0.2) is 6.29 Å². The minimum Gasteiger partial charge on any atom is -0.496 e. The average molecular weight is 380 g/mol. The van der Waals surface area contributed by atoms with E-state index in [1.807, 2.05) is 13.8 Å². The lowest BCUT2D eigenvalue weighted by molar-refractivity contribution is -0.127. The summed E-state index contributed by atoms with van der Waals surface area (Å²) < 4.78 is 15.6. The molecule has 1 heterocycles. The Morgan fingerprint density at radius 3 is 2.37 bits per heavy atom. The highest BCUT2D eigenvalue weighted by atomic mass is 16.6. The van der Waals surface area contributed by atoms with Crippen LogP contribution in [-0.4, -0.2) is 56.1 Å². The second-order valence-corrected chi connectivity index (χ2v) is 6.86. The van der Waals surface area contributed by atoms with Gasteiger partial charge in [-0.05, 0) is 30.9 Å². The maximum atomic E-state index is 12.9. The smallest absolute Gasteiger partial charge is 0.259 e. The van der Waals surface area contributed by atoms with E-state index in [1.54, 1.807) is 18.2 Å². The number of hydrogen-bond acceptors (Lipinski definition) is 6. The zero-order chi connectivity index (χ0) is 20.0. The number of methoxy groups -OCH3 is 2. The van der Waals surface area contributed by atoms with Crippen LogP contribution < -0.4 is 20.1 Å². The third kappa shape index (κ3) is 5.33. The number of ether oxygens (including phenoxy) is 3. The maximum absolute atomic E-state index is 12.9. The van der Waals surface area contributed by atoms with Crippen LogP contribution in [0.1, 0.15) is 37.0 Å². The van der Waals surface area contributed by atoms with Gasteiger partial charge in [0.1, 0.15) is 23.1 Å². The molecule has 1 saturated heterocycles. The molecule has 150 valence electrons. The van der Waals surface area contributed by atoms with Gasteiger partial charge in [0.2, 0.25) is 5.91 Å². The minimum absolute atomic E-state index is 0.172. The Labute approximate surface area is 159 Å². The lowest BCUT2D eigenvalue weighted by atomic mass is 10.0. The molecule has 1 aliphatic heterocycles. The van der Waals surface area contributed by atoms with Gasteiger partial charge in [0.25, 0.3) is 5.91 Å². The van der Waals surface area contributed by atoms with Crippen molar-refractivity contribution >= 4 is 11.8 Å². The topological polar surface area (TPSA) is 106 Å². The average Bonchev–Trinajstić information content (AvgIpc) is 3.04. The van der Waals surface area contributed by atoms with Gasteiger partial charge in [-0.2, -0.15) is 0 Å². The first kappa shape index (κ1) is 21.0. The molecule has 2 rings (SSSR count). The van der Waals surface area contributed by atoms with Crippen molar-refractivity contribution in [2.24, 2.45) is 5.92 Å². The summed E-state index contributed by atoms with van der Waals surface area (Å²) in [5.41, 5.74) is 0.230. The van der Waals surface area contributed by atoms with Gasteiger partial charge in [0, 0.05) is 0 Å². The first-order valence-electron chi connectivity index (χ1n) is 8.99. The van der Waals surface area contributed by atoms with Crippen molar-refractivity contribution in [3.63, 3.8) is 0 Å². The van der Waals surface area contributed by atoms with Crippen LogP contribution in [-0.2, 0) is 9.53 Å². The Balaban J connectivity index is 2.18. The van der Waals surface area contributed by atoms with E-state index in [-0.39, 0.29) is 17.4 Å². The van der Waals surface area contributed by atoms with Crippen LogP contribution in [0.4, 0.5) is 0 Å². The SMILES string of the molecule is COc1cccc(OC)c1C(=O)N[C@@H](CC(C)C)C(=O)N[C@H]1CCOC1O. The fourth-order valence-electron chi connectivity index (χ4n) is 3.01. The van der Waals surface area contributed by atoms with Crippen molar-refractivity contribution in [2.75, 3.05) is 20.8 Å². The van der Waals surface area contributed by atoms with E-state index in [2.05, 4.69) is 10.6 Å². The number of hydrogen-bond donors (Lipinski definition) is 3. The van der Waals surface area contributed by atoms with Gasteiger partial charge in [-0.3, -0.25) is 9.59 Å². The summed E-state index contributed by atoms with van der Waals surface area (Å²) in [5.74, 6) is 0.0597. The molecule has 0 aromatic heterocycles. The number of rotatable bonds is 8. The third-order valence-corrected chi connectivity index (χ3v) is 4.37. The Bertz CT molecular complexity index is 641. The van der Waals surface area contributed by atoms with Crippen molar-refractivity contribution in [3.05, 3.63) is 23.8 Å². The van der Waals surface area contributed by atoms with Crippen molar-refractivity contribution < 1.29 is 28.9 Å². The Morgan fingerprint density at radius 2 is 1.89 bits per heavy atom. The highest BCUT2D eigenvalue weighted by molar-refractivity contribution is 6.02. The van der Waals surface area contributed by atoms with Crippen molar-refractivity contribution in [2.45, 2.75) is 45.1 Å². The predicted octanol–water partition coefficient (Wildman–Crippen LogP) is 1.07. The molecule has 0 saturated carbocycles. The van der Waals surface area contributed by atoms with Crippen molar-refractivity contribution in [3.8, 4) is 11.5 Å². The van der Waals surface area contributed by atoms with Crippen molar-refractivity contribution in [1.29, 1.82) is 0 Å². The summed E-state index contributed by atoms with van der Waals surface area (Å²) in [4.78, 5) is 25.6. The zero-order valence-corrected chi connectivity index (χ0v) is 16.2. The number of carbonyl (C=O) groups excluding carboxylic acids is 2. The van der Waals surface area contributed by atoms with Gasteiger partial charge in [-0.15, -0.1) is 0 Å². The number of aliphatic hydroxyl groups excluding tert-OH is 1. The summed E-state index contributed by atoms with van der Waals surface area (Å²) in [6.07, 6.45) is -0.0625. The molecule has 0 aliphatic carbocycles. The fraction of sp³-hybridized carbons (Fsp3) is 0.579. The number of aliphatic hydroxyl groups is 1. The molecule has 0 bridgehead atoms. The summed E-state index contributed by atoms with van der Waals surface area (Å²) in [6, 6.07) is 3.78. The zero-order valence-electron chi connectivity index (χ0n) is 16.2. The van der Waals surface area contributed by atoms with Crippen LogP contribution in [0.25, 0.3) is 0 Å². The summed E-state index contributed by atoms with van der Waals surface area (Å²) >= 11 is 0. The molecule has 0 spiro atoms. The summed E-state index contributed by atoms with van der Waals surface area (Å²) in [5, 5.41) is 15.3. The van der Waals surface area contributed by atoms with Crippen LogP contribution in [0.2, 0.25) is 0 Å². The van der Waals surface area contributed by atoms with E-state index in [0.717, 1.165) is 0 Å². The van der Waals surface area contributed by atoms with Gasteiger partial charge >= 0.3 is 0 Å². The Kier molecular flexibility index (Phi) is 7.44. The summed E-state index contributed by atoms with van der Waals surface area (Å²) in [6.45, 7) is 4.30. The van der Waals surface area contributed by atoms with Crippen LogP contribution >= 0.6 is 0 Å². The molecule has 1 fully saturated rings. The quantitative estimate of drug-likeness (QED) is 0.623. The van der Waals surface area contributed by atoms with Gasteiger partial charge in [0.05, 0.1) is 26.9 Å². The summed E-state index contributed by atoms with van der Waals surface area (Å²) in [7, 11) is 2.93.